The van der Waals surface area contributed by atoms with E-state index in [1.165, 1.54) is 7.11 Å². The minimum absolute atomic E-state index is 0.220. The quantitative estimate of drug-likeness (QED) is 0.575. The molecule has 0 spiro atoms. The van der Waals surface area contributed by atoms with Gasteiger partial charge in [0.25, 0.3) is 5.91 Å². The molecular weight excluding hydrogens is 398 g/mol. The highest BCUT2D eigenvalue weighted by Crippen LogP contribution is 2.26. The maximum Gasteiger partial charge on any atom is 0.342 e. The largest absolute Gasteiger partial charge is 0.496 e. The molecule has 0 bridgehead atoms. The Balaban J connectivity index is 1.60. The Kier molecular flexibility index (Phi) is 6.87. The van der Waals surface area contributed by atoms with Crippen molar-refractivity contribution in [2.75, 3.05) is 19.0 Å². The van der Waals surface area contributed by atoms with Crippen molar-refractivity contribution in [3.63, 3.8) is 0 Å². The minimum atomic E-state index is -0.662. The van der Waals surface area contributed by atoms with Crippen LogP contribution in [0.15, 0.2) is 60.7 Å². The molecule has 0 aliphatic carbocycles. The van der Waals surface area contributed by atoms with Crippen LogP contribution >= 0.6 is 0 Å². The van der Waals surface area contributed by atoms with Crippen LogP contribution in [0.4, 0.5) is 5.69 Å². The smallest absolute Gasteiger partial charge is 0.342 e. The summed E-state index contributed by atoms with van der Waals surface area (Å²) in [6.45, 7) is 3.06. The van der Waals surface area contributed by atoms with Crippen LogP contribution < -0.4 is 10.1 Å². The molecule has 1 N–H and O–H groups in total. The third-order valence-electron chi connectivity index (χ3n) is 4.37. The monoisotopic (exact) mass is 421 g/mol. The first kappa shape index (κ1) is 21.8. The number of hydrogen-bond donors (Lipinski definition) is 1. The second-order valence-electron chi connectivity index (χ2n) is 7.06. The van der Waals surface area contributed by atoms with Gasteiger partial charge in [0.05, 0.1) is 18.8 Å². The highest BCUT2D eigenvalue weighted by Gasteiger charge is 2.17. The van der Waals surface area contributed by atoms with Gasteiger partial charge in [-0.3, -0.25) is 4.79 Å². The van der Waals surface area contributed by atoms with Crippen molar-refractivity contribution in [1.29, 1.82) is 0 Å². The Bertz CT molecular complexity index is 1100. The van der Waals surface area contributed by atoms with E-state index in [0.717, 1.165) is 10.8 Å². The second-order valence-corrected chi connectivity index (χ2v) is 7.06. The van der Waals surface area contributed by atoms with Crippen LogP contribution in [0.25, 0.3) is 10.8 Å². The number of methoxy groups -OCH3 is 1. The van der Waals surface area contributed by atoms with Crippen LogP contribution in [0, 0.1) is 0 Å². The predicted octanol–water partition coefficient (Wildman–Crippen LogP) is 4.21. The first-order valence-corrected chi connectivity index (χ1v) is 9.72. The van der Waals surface area contributed by atoms with Crippen LogP contribution in [-0.2, 0) is 14.3 Å². The van der Waals surface area contributed by atoms with Crippen molar-refractivity contribution in [2.24, 2.45) is 0 Å². The molecule has 0 saturated heterocycles. The fraction of sp³-hybridized carbons (Fsp3) is 0.208. The SMILES string of the molecule is COc1cc2ccccc2cc1C(=O)OCC(=O)Nc1ccc(C(=O)OC(C)C)cc1. The van der Waals surface area contributed by atoms with Crippen molar-refractivity contribution in [2.45, 2.75) is 20.0 Å². The van der Waals surface area contributed by atoms with Gasteiger partial charge in [0.2, 0.25) is 0 Å². The van der Waals surface area contributed by atoms with Gasteiger partial charge in [0.15, 0.2) is 6.61 Å². The summed E-state index contributed by atoms with van der Waals surface area (Å²) in [6.07, 6.45) is -0.220. The molecule has 160 valence electrons. The first-order valence-electron chi connectivity index (χ1n) is 9.72. The van der Waals surface area contributed by atoms with Crippen molar-refractivity contribution in [3.05, 3.63) is 71.8 Å². The van der Waals surface area contributed by atoms with Gasteiger partial charge < -0.3 is 19.5 Å². The lowest BCUT2D eigenvalue weighted by Gasteiger charge is -2.11. The van der Waals surface area contributed by atoms with E-state index in [0.29, 0.717) is 17.0 Å². The third-order valence-corrected chi connectivity index (χ3v) is 4.37. The first-order chi connectivity index (χ1) is 14.9. The predicted molar refractivity (Wildman–Crippen MR) is 116 cm³/mol. The molecule has 0 aliphatic heterocycles. The molecule has 0 atom stereocenters. The standard InChI is InChI=1S/C24H23NO6/c1-15(2)31-23(27)16-8-10-19(11-9-16)25-22(26)14-30-24(28)20-12-17-6-4-5-7-18(17)13-21(20)29-3/h4-13,15H,14H2,1-3H3,(H,25,26). The van der Waals surface area contributed by atoms with Crippen LogP contribution in [0.1, 0.15) is 34.6 Å². The van der Waals surface area contributed by atoms with Gasteiger partial charge in [-0.2, -0.15) is 0 Å². The highest BCUT2D eigenvalue weighted by molar-refractivity contribution is 6.00. The van der Waals surface area contributed by atoms with Crippen molar-refractivity contribution in [3.8, 4) is 5.75 Å². The number of nitrogens with one attached hydrogen (secondary N) is 1. The van der Waals surface area contributed by atoms with Gasteiger partial charge in [0.1, 0.15) is 11.3 Å². The van der Waals surface area contributed by atoms with Gasteiger partial charge in [-0.1, -0.05) is 24.3 Å². The molecular formula is C24H23NO6. The summed E-state index contributed by atoms with van der Waals surface area (Å²) in [5.41, 5.74) is 1.08. The van der Waals surface area contributed by atoms with Crippen molar-refractivity contribution >= 4 is 34.3 Å². The summed E-state index contributed by atoms with van der Waals surface area (Å²) in [4.78, 5) is 36.5. The Morgan fingerprint density at radius 2 is 1.55 bits per heavy atom. The second kappa shape index (κ2) is 9.75. The molecule has 1 amide bonds. The summed E-state index contributed by atoms with van der Waals surface area (Å²) in [5, 5.41) is 4.40. The third kappa shape index (κ3) is 5.60. The molecule has 7 heteroatoms. The lowest BCUT2D eigenvalue weighted by atomic mass is 10.1. The maximum absolute atomic E-state index is 12.5. The fourth-order valence-corrected chi connectivity index (χ4v) is 2.93. The lowest BCUT2D eigenvalue weighted by Crippen LogP contribution is -2.21. The average Bonchev–Trinajstić information content (AvgIpc) is 2.76. The number of carbonyl (C=O) groups excluding carboxylic acids is 3. The van der Waals surface area contributed by atoms with E-state index in [1.54, 1.807) is 50.2 Å². The normalized spacial score (nSPS) is 10.6. The van der Waals surface area contributed by atoms with E-state index in [-0.39, 0.29) is 11.7 Å². The number of carbonyl (C=O) groups is 3. The van der Waals surface area contributed by atoms with Gasteiger partial charge >= 0.3 is 11.9 Å². The summed E-state index contributed by atoms with van der Waals surface area (Å²) in [6, 6.07) is 17.2. The number of esters is 2. The Hall–Kier alpha value is -3.87. The topological polar surface area (TPSA) is 90.9 Å². The van der Waals surface area contributed by atoms with E-state index in [9.17, 15) is 14.4 Å². The Morgan fingerprint density at radius 1 is 0.903 bits per heavy atom. The highest BCUT2D eigenvalue weighted by atomic mass is 16.5. The van der Waals surface area contributed by atoms with E-state index >= 15 is 0 Å². The molecule has 0 aromatic heterocycles. The molecule has 0 saturated carbocycles. The molecule has 0 unspecified atom stereocenters. The molecule has 0 heterocycles. The zero-order valence-electron chi connectivity index (χ0n) is 17.5. The van der Waals surface area contributed by atoms with Gasteiger partial charge in [-0.25, -0.2) is 9.59 Å². The zero-order valence-corrected chi connectivity index (χ0v) is 17.5. The van der Waals surface area contributed by atoms with Crippen LogP contribution in [0.5, 0.6) is 5.75 Å². The molecule has 0 aliphatic rings. The van der Waals surface area contributed by atoms with Gasteiger partial charge in [0, 0.05) is 5.69 Å². The number of hydrogen-bond acceptors (Lipinski definition) is 6. The van der Waals surface area contributed by atoms with E-state index < -0.39 is 24.5 Å². The van der Waals surface area contributed by atoms with Crippen molar-refractivity contribution in [1.82, 2.24) is 0 Å². The lowest BCUT2D eigenvalue weighted by molar-refractivity contribution is -0.119. The number of benzene rings is 3. The number of rotatable bonds is 7. The summed E-state index contributed by atoms with van der Waals surface area (Å²) >= 11 is 0. The van der Waals surface area contributed by atoms with Crippen molar-refractivity contribution < 1.29 is 28.6 Å². The molecule has 3 aromatic carbocycles. The zero-order chi connectivity index (χ0) is 22.4. The molecule has 31 heavy (non-hydrogen) atoms. The molecule has 0 radical (unpaired) electrons. The number of anilines is 1. The van der Waals surface area contributed by atoms with E-state index in [2.05, 4.69) is 5.32 Å². The van der Waals surface area contributed by atoms with Crippen LogP contribution in [0.2, 0.25) is 0 Å². The molecule has 7 nitrogen and oxygen atoms in total. The number of amides is 1. The summed E-state index contributed by atoms with van der Waals surface area (Å²) in [7, 11) is 1.47. The van der Waals surface area contributed by atoms with E-state index in [1.807, 2.05) is 24.3 Å². The minimum Gasteiger partial charge on any atom is -0.496 e. The molecule has 3 rings (SSSR count). The fourth-order valence-electron chi connectivity index (χ4n) is 2.93. The van der Waals surface area contributed by atoms with Gasteiger partial charge in [-0.05, 0) is 61.0 Å². The van der Waals surface area contributed by atoms with Crippen LogP contribution in [0.3, 0.4) is 0 Å². The Labute approximate surface area is 179 Å². The van der Waals surface area contributed by atoms with Crippen LogP contribution in [-0.4, -0.2) is 37.7 Å². The summed E-state index contributed by atoms with van der Waals surface area (Å²) < 4.78 is 15.6. The summed E-state index contributed by atoms with van der Waals surface area (Å²) in [5.74, 6) is -1.24. The van der Waals surface area contributed by atoms with Gasteiger partial charge in [-0.15, -0.1) is 0 Å². The maximum atomic E-state index is 12.5. The average molecular weight is 421 g/mol. The Morgan fingerprint density at radius 3 is 2.16 bits per heavy atom. The number of ether oxygens (including phenoxy) is 3. The van der Waals surface area contributed by atoms with E-state index in [4.69, 9.17) is 14.2 Å². The number of fused-ring (bicyclic) bond motifs is 1. The molecule has 3 aromatic rings. The molecule has 0 fully saturated rings.